The summed E-state index contributed by atoms with van der Waals surface area (Å²) in [4.78, 5) is 16.8. The molecule has 3 aromatic rings. The normalized spacial score (nSPS) is 12.1. The van der Waals surface area contributed by atoms with Crippen LogP contribution in [0.3, 0.4) is 0 Å². The first-order valence-corrected chi connectivity index (χ1v) is 7.94. The molecule has 0 aliphatic carbocycles. The van der Waals surface area contributed by atoms with E-state index in [1.807, 2.05) is 30.3 Å². The van der Waals surface area contributed by atoms with Gasteiger partial charge in [-0.05, 0) is 36.6 Å². The van der Waals surface area contributed by atoms with Crippen LogP contribution in [0.5, 0.6) is 0 Å². The maximum atomic E-state index is 13.3. The maximum Gasteiger partial charge on any atom is 0.253 e. The topological polar surface area (TPSA) is 42.0 Å². The molecular weight excluding hydrogens is 303 g/mol. The van der Waals surface area contributed by atoms with Crippen molar-refractivity contribution in [2.24, 2.45) is 0 Å². The van der Waals surface area contributed by atoms with Crippen LogP contribution in [0.25, 0.3) is 10.9 Å². The minimum atomic E-state index is -0.330. The SMILES string of the molecule is Cc1nc2cc(F)ccc2cc1C(=O)NCC(C)c1ccccc1. The van der Waals surface area contributed by atoms with Crippen LogP contribution in [0.1, 0.15) is 34.5 Å². The highest BCUT2D eigenvalue weighted by molar-refractivity contribution is 5.98. The van der Waals surface area contributed by atoms with Crippen LogP contribution >= 0.6 is 0 Å². The van der Waals surface area contributed by atoms with E-state index >= 15 is 0 Å². The molecular formula is C20H19FN2O. The van der Waals surface area contributed by atoms with Crippen LogP contribution in [0.4, 0.5) is 4.39 Å². The Bertz CT molecular complexity index is 877. The van der Waals surface area contributed by atoms with Crippen molar-refractivity contribution in [2.45, 2.75) is 19.8 Å². The molecule has 1 amide bonds. The van der Waals surface area contributed by atoms with Crippen molar-refractivity contribution >= 4 is 16.8 Å². The van der Waals surface area contributed by atoms with Crippen LogP contribution in [-0.4, -0.2) is 17.4 Å². The molecule has 3 rings (SSSR count). The molecule has 1 atom stereocenters. The summed E-state index contributed by atoms with van der Waals surface area (Å²) in [6.45, 7) is 4.38. The van der Waals surface area contributed by atoms with Gasteiger partial charge in [-0.15, -0.1) is 0 Å². The largest absolute Gasteiger partial charge is 0.351 e. The number of carbonyl (C=O) groups is 1. The number of halogens is 1. The molecule has 122 valence electrons. The molecule has 1 heterocycles. The molecule has 0 aliphatic heterocycles. The van der Waals surface area contributed by atoms with Crippen LogP contribution < -0.4 is 5.32 Å². The maximum absolute atomic E-state index is 13.3. The molecule has 2 aromatic carbocycles. The highest BCUT2D eigenvalue weighted by atomic mass is 19.1. The number of aromatic nitrogens is 1. The Morgan fingerprint density at radius 2 is 1.92 bits per heavy atom. The number of pyridine rings is 1. The lowest BCUT2D eigenvalue weighted by molar-refractivity contribution is 0.0951. The van der Waals surface area contributed by atoms with Crippen molar-refractivity contribution in [3.05, 3.63) is 77.2 Å². The van der Waals surface area contributed by atoms with Crippen molar-refractivity contribution in [3.63, 3.8) is 0 Å². The molecule has 1 N–H and O–H groups in total. The van der Waals surface area contributed by atoms with Crippen molar-refractivity contribution < 1.29 is 9.18 Å². The van der Waals surface area contributed by atoms with Gasteiger partial charge in [-0.1, -0.05) is 37.3 Å². The quantitative estimate of drug-likeness (QED) is 0.781. The fraction of sp³-hybridized carbons (Fsp3) is 0.200. The van der Waals surface area contributed by atoms with Gasteiger partial charge in [0, 0.05) is 18.0 Å². The highest BCUT2D eigenvalue weighted by Gasteiger charge is 2.13. The molecule has 0 aliphatic rings. The summed E-state index contributed by atoms with van der Waals surface area (Å²) in [5.74, 6) is -0.268. The number of fused-ring (bicyclic) bond motifs is 1. The van der Waals surface area contributed by atoms with Gasteiger partial charge in [0.05, 0.1) is 16.8 Å². The summed E-state index contributed by atoms with van der Waals surface area (Å²) in [6, 6.07) is 16.2. The van der Waals surface area contributed by atoms with E-state index < -0.39 is 0 Å². The zero-order valence-electron chi connectivity index (χ0n) is 13.7. The van der Waals surface area contributed by atoms with Crippen molar-refractivity contribution in [3.8, 4) is 0 Å². The van der Waals surface area contributed by atoms with Gasteiger partial charge in [-0.3, -0.25) is 9.78 Å². The molecule has 3 nitrogen and oxygen atoms in total. The average Bonchev–Trinajstić information content (AvgIpc) is 2.59. The second kappa shape index (κ2) is 6.79. The van der Waals surface area contributed by atoms with Gasteiger partial charge in [0.2, 0.25) is 0 Å². The van der Waals surface area contributed by atoms with Crippen LogP contribution in [0.15, 0.2) is 54.6 Å². The van der Waals surface area contributed by atoms with Gasteiger partial charge in [0.25, 0.3) is 5.91 Å². The third-order valence-corrected chi connectivity index (χ3v) is 4.15. The highest BCUT2D eigenvalue weighted by Crippen LogP contribution is 2.18. The van der Waals surface area contributed by atoms with Crippen LogP contribution in [-0.2, 0) is 0 Å². The lowest BCUT2D eigenvalue weighted by Gasteiger charge is -2.14. The second-order valence-electron chi connectivity index (χ2n) is 5.98. The van der Waals surface area contributed by atoms with Gasteiger partial charge in [-0.25, -0.2) is 4.39 Å². The smallest absolute Gasteiger partial charge is 0.253 e. The Morgan fingerprint density at radius 3 is 2.67 bits per heavy atom. The number of nitrogens with zero attached hydrogens (tertiary/aromatic N) is 1. The Labute approximate surface area is 140 Å². The summed E-state index contributed by atoms with van der Waals surface area (Å²) >= 11 is 0. The number of carbonyl (C=O) groups excluding carboxylic acids is 1. The average molecular weight is 322 g/mol. The van der Waals surface area contributed by atoms with E-state index in [4.69, 9.17) is 0 Å². The molecule has 0 bridgehead atoms. The fourth-order valence-corrected chi connectivity index (χ4v) is 2.71. The molecule has 24 heavy (non-hydrogen) atoms. The summed E-state index contributed by atoms with van der Waals surface area (Å²) in [5, 5.41) is 3.71. The van der Waals surface area contributed by atoms with Crippen molar-refractivity contribution in [1.82, 2.24) is 10.3 Å². The van der Waals surface area contributed by atoms with E-state index in [1.165, 1.54) is 17.7 Å². The van der Waals surface area contributed by atoms with Gasteiger partial charge >= 0.3 is 0 Å². The standard InChI is InChI=1S/C20H19FN2O/c1-13(15-6-4-3-5-7-15)12-22-20(24)18-10-16-8-9-17(21)11-19(16)23-14(18)2/h3-11,13H,12H2,1-2H3,(H,22,24). The zero-order valence-corrected chi connectivity index (χ0v) is 13.7. The number of hydrogen-bond acceptors (Lipinski definition) is 2. The second-order valence-corrected chi connectivity index (χ2v) is 5.98. The number of nitrogens with one attached hydrogen (secondary N) is 1. The Kier molecular flexibility index (Phi) is 4.56. The predicted octanol–water partition coefficient (Wildman–Crippen LogP) is 4.22. The van der Waals surface area contributed by atoms with Gasteiger partial charge < -0.3 is 5.32 Å². The number of aryl methyl sites for hydroxylation is 1. The first-order valence-electron chi connectivity index (χ1n) is 7.94. The lowest BCUT2D eigenvalue weighted by Crippen LogP contribution is -2.28. The molecule has 0 radical (unpaired) electrons. The summed E-state index contributed by atoms with van der Waals surface area (Å²) < 4.78 is 13.3. The molecule has 4 heteroatoms. The molecule has 0 fully saturated rings. The van der Waals surface area contributed by atoms with Crippen LogP contribution in [0.2, 0.25) is 0 Å². The minimum absolute atomic E-state index is 0.158. The Hall–Kier alpha value is -2.75. The number of benzene rings is 2. The van der Waals surface area contributed by atoms with Gasteiger partial charge in [0.1, 0.15) is 5.82 Å². The number of rotatable bonds is 4. The van der Waals surface area contributed by atoms with Crippen molar-refractivity contribution in [2.75, 3.05) is 6.54 Å². The minimum Gasteiger partial charge on any atom is -0.351 e. The predicted molar refractivity (Wildman–Crippen MR) is 93.6 cm³/mol. The Balaban J connectivity index is 1.76. The van der Waals surface area contributed by atoms with Crippen molar-refractivity contribution in [1.29, 1.82) is 0 Å². The van der Waals surface area contributed by atoms with E-state index in [0.29, 0.717) is 23.3 Å². The first-order chi connectivity index (χ1) is 11.5. The van der Waals surface area contributed by atoms with E-state index in [1.54, 1.807) is 19.1 Å². The number of amides is 1. The summed E-state index contributed by atoms with van der Waals surface area (Å²) in [5.41, 5.74) is 2.86. The van der Waals surface area contributed by atoms with Gasteiger partial charge in [0.15, 0.2) is 0 Å². The lowest BCUT2D eigenvalue weighted by atomic mass is 10.0. The van der Waals surface area contributed by atoms with E-state index in [9.17, 15) is 9.18 Å². The first kappa shape index (κ1) is 16.1. The fourth-order valence-electron chi connectivity index (χ4n) is 2.71. The summed E-state index contributed by atoms with van der Waals surface area (Å²) in [6.07, 6.45) is 0. The van der Waals surface area contributed by atoms with E-state index in [-0.39, 0.29) is 17.6 Å². The van der Waals surface area contributed by atoms with Crippen LogP contribution in [0, 0.1) is 12.7 Å². The molecule has 0 saturated carbocycles. The Morgan fingerprint density at radius 1 is 1.17 bits per heavy atom. The monoisotopic (exact) mass is 322 g/mol. The molecule has 1 unspecified atom stereocenters. The molecule has 0 saturated heterocycles. The third kappa shape index (κ3) is 3.43. The number of hydrogen-bond donors (Lipinski definition) is 1. The summed E-state index contributed by atoms with van der Waals surface area (Å²) in [7, 11) is 0. The molecule has 1 aromatic heterocycles. The van der Waals surface area contributed by atoms with E-state index in [2.05, 4.69) is 17.2 Å². The van der Waals surface area contributed by atoms with Gasteiger partial charge in [-0.2, -0.15) is 0 Å². The third-order valence-electron chi connectivity index (χ3n) is 4.15. The zero-order chi connectivity index (χ0) is 17.1. The molecule has 0 spiro atoms. The van der Waals surface area contributed by atoms with E-state index in [0.717, 1.165) is 5.39 Å².